The normalized spacial score (nSPS) is 15.2. The summed E-state index contributed by atoms with van der Waals surface area (Å²) in [7, 11) is 0. The Kier molecular flexibility index (Phi) is 2.68. The first-order valence-corrected chi connectivity index (χ1v) is 5.92. The number of aryl methyl sites for hydroxylation is 1. The third-order valence-corrected chi connectivity index (χ3v) is 2.95. The molecule has 2 aromatic rings. The second kappa shape index (κ2) is 4.38. The zero-order valence-electron chi connectivity index (χ0n) is 10.5. The molecule has 0 amide bonds. The van der Waals surface area contributed by atoms with Crippen LogP contribution in [-0.2, 0) is 0 Å². The van der Waals surface area contributed by atoms with Crippen molar-refractivity contribution in [1.82, 2.24) is 0 Å². The molecule has 5 heteroatoms. The number of carboxylic acid groups (broad SMARTS) is 1. The number of carboxylic acids is 1. The molecule has 0 aliphatic carbocycles. The van der Waals surface area contributed by atoms with Gasteiger partial charge in [-0.25, -0.2) is 4.79 Å². The monoisotopic (exact) mass is 270 g/mol. The van der Waals surface area contributed by atoms with Crippen molar-refractivity contribution in [2.75, 3.05) is 0 Å². The minimum Gasteiger partial charge on any atom is -0.478 e. The van der Waals surface area contributed by atoms with Gasteiger partial charge in [0.2, 0.25) is 5.78 Å². The van der Waals surface area contributed by atoms with Gasteiger partial charge in [0.05, 0.1) is 11.1 Å². The Morgan fingerprint density at radius 2 is 2.05 bits per heavy atom. The van der Waals surface area contributed by atoms with Crippen LogP contribution in [0.4, 0.5) is 0 Å². The van der Waals surface area contributed by atoms with E-state index in [-0.39, 0.29) is 22.7 Å². The molecule has 0 atom stereocenters. The fourth-order valence-electron chi connectivity index (χ4n) is 1.98. The summed E-state index contributed by atoms with van der Waals surface area (Å²) >= 11 is 0. The third-order valence-electron chi connectivity index (χ3n) is 2.95. The maximum atomic E-state index is 12.2. The number of fused-ring (bicyclic) bond motifs is 1. The van der Waals surface area contributed by atoms with Crippen molar-refractivity contribution < 1.29 is 23.8 Å². The first-order valence-electron chi connectivity index (χ1n) is 5.92. The maximum absolute atomic E-state index is 12.2. The van der Waals surface area contributed by atoms with Gasteiger partial charge in [0.1, 0.15) is 17.3 Å². The molecule has 1 aromatic carbocycles. The van der Waals surface area contributed by atoms with Crippen molar-refractivity contribution in [2.45, 2.75) is 6.92 Å². The summed E-state index contributed by atoms with van der Waals surface area (Å²) in [6.07, 6.45) is 1.50. The van der Waals surface area contributed by atoms with E-state index in [4.69, 9.17) is 14.3 Å². The molecule has 1 aliphatic rings. The molecule has 0 saturated carbocycles. The van der Waals surface area contributed by atoms with Gasteiger partial charge < -0.3 is 14.3 Å². The van der Waals surface area contributed by atoms with Gasteiger partial charge in [-0.3, -0.25) is 4.79 Å². The number of ether oxygens (including phenoxy) is 1. The summed E-state index contributed by atoms with van der Waals surface area (Å²) in [5.41, 5.74) is 0.301. The molecule has 0 fully saturated rings. The standard InChI is InChI=1S/C15H10O5/c1-8-2-4-10(19-8)7-13-14(16)11-6-9(15(17)18)3-5-12(11)20-13/h2-7H,1H3,(H,17,18)/b13-7-. The van der Waals surface area contributed by atoms with Gasteiger partial charge in [0.15, 0.2) is 5.76 Å². The summed E-state index contributed by atoms with van der Waals surface area (Å²) < 4.78 is 10.8. The van der Waals surface area contributed by atoms with Crippen LogP contribution in [0.15, 0.2) is 40.5 Å². The molecule has 0 radical (unpaired) electrons. The van der Waals surface area contributed by atoms with Gasteiger partial charge in [0.25, 0.3) is 0 Å². The molecular formula is C15H10O5. The second-order valence-corrected chi connectivity index (χ2v) is 4.40. The highest BCUT2D eigenvalue weighted by molar-refractivity contribution is 6.15. The largest absolute Gasteiger partial charge is 0.478 e. The minimum absolute atomic E-state index is 0.0517. The van der Waals surface area contributed by atoms with E-state index in [1.165, 1.54) is 24.3 Å². The highest BCUT2D eigenvalue weighted by atomic mass is 16.5. The minimum atomic E-state index is -1.08. The summed E-state index contributed by atoms with van der Waals surface area (Å²) in [6, 6.07) is 7.69. The SMILES string of the molecule is Cc1ccc(/C=C2\Oc3ccc(C(=O)O)cc3C2=O)o1. The third kappa shape index (κ3) is 1.99. The Morgan fingerprint density at radius 3 is 2.70 bits per heavy atom. The smallest absolute Gasteiger partial charge is 0.335 e. The lowest BCUT2D eigenvalue weighted by Gasteiger charge is -1.97. The highest BCUT2D eigenvalue weighted by Gasteiger charge is 2.28. The molecule has 0 bridgehead atoms. The molecule has 100 valence electrons. The number of benzene rings is 1. The first kappa shape index (κ1) is 12.2. The van der Waals surface area contributed by atoms with Crippen LogP contribution < -0.4 is 4.74 Å². The molecule has 3 rings (SSSR count). The van der Waals surface area contributed by atoms with Gasteiger partial charge in [-0.05, 0) is 37.3 Å². The van der Waals surface area contributed by atoms with E-state index in [1.807, 2.05) is 0 Å². The van der Waals surface area contributed by atoms with Crippen molar-refractivity contribution in [3.8, 4) is 5.75 Å². The molecular weight excluding hydrogens is 260 g/mol. The lowest BCUT2D eigenvalue weighted by molar-refractivity contribution is 0.0697. The fourth-order valence-corrected chi connectivity index (χ4v) is 1.98. The van der Waals surface area contributed by atoms with Crippen LogP contribution in [-0.4, -0.2) is 16.9 Å². The van der Waals surface area contributed by atoms with Crippen molar-refractivity contribution in [1.29, 1.82) is 0 Å². The molecule has 5 nitrogen and oxygen atoms in total. The van der Waals surface area contributed by atoms with Gasteiger partial charge in [-0.1, -0.05) is 0 Å². The lowest BCUT2D eigenvalue weighted by Crippen LogP contribution is -2.00. The van der Waals surface area contributed by atoms with Crippen LogP contribution >= 0.6 is 0 Å². The second-order valence-electron chi connectivity index (χ2n) is 4.40. The Bertz CT molecular complexity index is 751. The molecule has 0 spiro atoms. The van der Waals surface area contributed by atoms with Crippen LogP contribution in [0.2, 0.25) is 0 Å². The van der Waals surface area contributed by atoms with Crippen molar-refractivity contribution in [3.05, 3.63) is 58.7 Å². The average Bonchev–Trinajstić information content (AvgIpc) is 2.95. The molecule has 2 heterocycles. The topological polar surface area (TPSA) is 76.7 Å². The molecule has 1 aliphatic heterocycles. The van der Waals surface area contributed by atoms with E-state index in [2.05, 4.69) is 0 Å². The van der Waals surface area contributed by atoms with Crippen LogP contribution in [0, 0.1) is 6.92 Å². The molecule has 0 saturated heterocycles. The number of hydrogen-bond donors (Lipinski definition) is 1. The molecule has 1 N–H and O–H groups in total. The molecule has 1 aromatic heterocycles. The van der Waals surface area contributed by atoms with Crippen molar-refractivity contribution >= 4 is 17.8 Å². The predicted molar refractivity (Wildman–Crippen MR) is 69.8 cm³/mol. The van der Waals surface area contributed by atoms with E-state index in [1.54, 1.807) is 19.1 Å². The number of hydrogen-bond acceptors (Lipinski definition) is 4. The molecule has 20 heavy (non-hydrogen) atoms. The fraction of sp³-hybridized carbons (Fsp3) is 0.0667. The maximum Gasteiger partial charge on any atom is 0.335 e. The highest BCUT2D eigenvalue weighted by Crippen LogP contribution is 2.32. The number of rotatable bonds is 2. The van der Waals surface area contributed by atoms with E-state index >= 15 is 0 Å². The van der Waals surface area contributed by atoms with Gasteiger partial charge in [0, 0.05) is 6.08 Å². The van der Waals surface area contributed by atoms with Gasteiger partial charge in [-0.15, -0.1) is 0 Å². The van der Waals surface area contributed by atoms with Gasteiger partial charge >= 0.3 is 5.97 Å². The van der Waals surface area contributed by atoms with Crippen LogP contribution in [0.1, 0.15) is 32.2 Å². The number of allylic oxidation sites excluding steroid dienone is 1. The summed E-state index contributed by atoms with van der Waals surface area (Å²) in [4.78, 5) is 23.1. The Balaban J connectivity index is 1.98. The number of furan rings is 1. The first-order chi connectivity index (χ1) is 9.54. The number of ketones is 1. The molecule has 0 unspecified atom stereocenters. The van der Waals surface area contributed by atoms with Crippen LogP contribution in [0.25, 0.3) is 6.08 Å². The lowest BCUT2D eigenvalue weighted by atomic mass is 10.1. The zero-order valence-corrected chi connectivity index (χ0v) is 10.5. The van der Waals surface area contributed by atoms with E-state index in [0.717, 1.165) is 5.76 Å². The number of aromatic carboxylic acids is 1. The Labute approximate surface area is 114 Å². The zero-order chi connectivity index (χ0) is 14.3. The van der Waals surface area contributed by atoms with Crippen LogP contribution in [0.5, 0.6) is 5.75 Å². The predicted octanol–water partition coefficient (Wildman–Crippen LogP) is 2.90. The van der Waals surface area contributed by atoms with Crippen molar-refractivity contribution in [2.24, 2.45) is 0 Å². The number of carbonyl (C=O) groups excluding carboxylic acids is 1. The van der Waals surface area contributed by atoms with Gasteiger partial charge in [-0.2, -0.15) is 0 Å². The summed E-state index contributed by atoms with van der Waals surface area (Å²) in [5.74, 6) is 0.286. The number of carbonyl (C=O) groups is 2. The summed E-state index contributed by atoms with van der Waals surface area (Å²) in [5, 5.41) is 8.92. The summed E-state index contributed by atoms with van der Waals surface area (Å²) in [6.45, 7) is 1.80. The number of Topliss-reactive ketones (excluding diaryl/α,β-unsaturated/α-hetero) is 1. The quantitative estimate of drug-likeness (QED) is 0.849. The van der Waals surface area contributed by atoms with E-state index in [9.17, 15) is 9.59 Å². The van der Waals surface area contributed by atoms with E-state index < -0.39 is 5.97 Å². The Hall–Kier alpha value is -2.82. The van der Waals surface area contributed by atoms with E-state index in [0.29, 0.717) is 11.5 Å². The van der Waals surface area contributed by atoms with Crippen molar-refractivity contribution in [3.63, 3.8) is 0 Å². The van der Waals surface area contributed by atoms with Crippen LogP contribution in [0.3, 0.4) is 0 Å². The Morgan fingerprint density at radius 1 is 1.25 bits per heavy atom. The average molecular weight is 270 g/mol.